The predicted molar refractivity (Wildman–Crippen MR) is 72.7 cm³/mol. The first-order chi connectivity index (χ1) is 9.20. The zero-order valence-electron chi connectivity index (χ0n) is 10.9. The average Bonchev–Trinajstić information content (AvgIpc) is 3.18. The summed E-state index contributed by atoms with van der Waals surface area (Å²) >= 11 is 0. The quantitative estimate of drug-likeness (QED) is 0.665. The highest BCUT2D eigenvalue weighted by Gasteiger charge is 2.42. The standard InChI is InChI=1S/C14H19N3O2/c15-9-11-7-8-16(12-5-6-12)14(11)10-1-3-13(4-2-10)17(18)19/h1-4,11-12,14H,5-9,15H2. The molecule has 1 heterocycles. The lowest BCUT2D eigenvalue weighted by molar-refractivity contribution is -0.384. The highest BCUT2D eigenvalue weighted by molar-refractivity contribution is 5.35. The molecule has 1 aromatic carbocycles. The number of hydrogen-bond acceptors (Lipinski definition) is 4. The van der Waals surface area contributed by atoms with E-state index in [1.807, 2.05) is 12.1 Å². The third-order valence-electron chi connectivity index (χ3n) is 4.33. The van der Waals surface area contributed by atoms with E-state index in [0.29, 0.717) is 24.5 Å². The van der Waals surface area contributed by atoms with E-state index >= 15 is 0 Å². The zero-order valence-corrected chi connectivity index (χ0v) is 10.9. The Bertz CT molecular complexity index is 470. The molecule has 1 aliphatic carbocycles. The molecule has 5 nitrogen and oxygen atoms in total. The Kier molecular flexibility index (Phi) is 3.24. The van der Waals surface area contributed by atoms with Crippen LogP contribution in [0.3, 0.4) is 0 Å². The summed E-state index contributed by atoms with van der Waals surface area (Å²) in [5, 5.41) is 10.7. The molecule has 2 unspecified atom stereocenters. The van der Waals surface area contributed by atoms with Gasteiger partial charge in [-0.15, -0.1) is 0 Å². The van der Waals surface area contributed by atoms with Crippen molar-refractivity contribution in [3.05, 3.63) is 39.9 Å². The van der Waals surface area contributed by atoms with Crippen molar-refractivity contribution >= 4 is 5.69 Å². The fourth-order valence-corrected chi connectivity index (χ4v) is 3.20. The molecule has 2 N–H and O–H groups in total. The highest BCUT2D eigenvalue weighted by atomic mass is 16.6. The summed E-state index contributed by atoms with van der Waals surface area (Å²) in [4.78, 5) is 12.9. The topological polar surface area (TPSA) is 72.4 Å². The first kappa shape index (κ1) is 12.6. The predicted octanol–water partition coefficient (Wildman–Crippen LogP) is 2.08. The third kappa shape index (κ3) is 2.35. The highest BCUT2D eigenvalue weighted by Crippen LogP contribution is 2.43. The molecule has 2 aliphatic rings. The molecule has 1 aromatic rings. The lowest BCUT2D eigenvalue weighted by Gasteiger charge is -2.28. The maximum absolute atomic E-state index is 10.7. The van der Waals surface area contributed by atoms with Crippen LogP contribution in [0.25, 0.3) is 0 Å². The molecule has 0 spiro atoms. The first-order valence-electron chi connectivity index (χ1n) is 6.91. The van der Waals surface area contributed by atoms with Gasteiger partial charge in [-0.3, -0.25) is 15.0 Å². The largest absolute Gasteiger partial charge is 0.330 e. The van der Waals surface area contributed by atoms with E-state index in [4.69, 9.17) is 5.73 Å². The fourth-order valence-electron chi connectivity index (χ4n) is 3.20. The minimum Gasteiger partial charge on any atom is -0.330 e. The van der Waals surface area contributed by atoms with Crippen molar-refractivity contribution in [3.8, 4) is 0 Å². The zero-order chi connectivity index (χ0) is 13.4. The summed E-state index contributed by atoms with van der Waals surface area (Å²) in [6.07, 6.45) is 3.69. The Morgan fingerprint density at radius 2 is 1.95 bits per heavy atom. The van der Waals surface area contributed by atoms with Crippen LogP contribution < -0.4 is 5.73 Å². The van der Waals surface area contributed by atoms with Gasteiger partial charge in [0, 0.05) is 24.2 Å². The van der Waals surface area contributed by atoms with Gasteiger partial charge in [0.25, 0.3) is 5.69 Å². The van der Waals surface area contributed by atoms with Gasteiger partial charge in [-0.05, 0) is 43.8 Å². The van der Waals surface area contributed by atoms with Crippen LogP contribution in [-0.2, 0) is 0 Å². The molecule has 2 fully saturated rings. The fraction of sp³-hybridized carbons (Fsp3) is 0.571. The minimum atomic E-state index is -0.350. The molecular formula is C14H19N3O2. The Hall–Kier alpha value is -1.46. The van der Waals surface area contributed by atoms with E-state index in [2.05, 4.69) is 4.90 Å². The van der Waals surface area contributed by atoms with Crippen LogP contribution in [0, 0.1) is 16.0 Å². The van der Waals surface area contributed by atoms with Crippen molar-refractivity contribution in [3.63, 3.8) is 0 Å². The number of benzene rings is 1. The summed E-state index contributed by atoms with van der Waals surface area (Å²) in [5.41, 5.74) is 7.22. The minimum absolute atomic E-state index is 0.156. The number of nitrogens with zero attached hydrogens (tertiary/aromatic N) is 2. The van der Waals surface area contributed by atoms with Gasteiger partial charge in [0.05, 0.1) is 4.92 Å². The maximum atomic E-state index is 10.7. The van der Waals surface area contributed by atoms with Crippen molar-refractivity contribution in [1.82, 2.24) is 4.90 Å². The maximum Gasteiger partial charge on any atom is 0.269 e. The van der Waals surface area contributed by atoms with Crippen LogP contribution in [0.4, 0.5) is 5.69 Å². The lowest BCUT2D eigenvalue weighted by atomic mass is 9.93. The van der Waals surface area contributed by atoms with Crippen molar-refractivity contribution < 1.29 is 4.92 Å². The number of nitro groups is 1. The van der Waals surface area contributed by atoms with Crippen molar-refractivity contribution in [2.75, 3.05) is 13.1 Å². The molecule has 0 bridgehead atoms. The van der Waals surface area contributed by atoms with E-state index in [0.717, 1.165) is 13.0 Å². The second kappa shape index (κ2) is 4.90. The van der Waals surface area contributed by atoms with E-state index < -0.39 is 0 Å². The van der Waals surface area contributed by atoms with E-state index in [1.54, 1.807) is 12.1 Å². The molecule has 3 rings (SSSR count). The number of nitro benzene ring substituents is 1. The molecule has 1 saturated carbocycles. The molecule has 2 atom stereocenters. The van der Waals surface area contributed by atoms with Crippen LogP contribution >= 0.6 is 0 Å². The summed E-state index contributed by atoms with van der Waals surface area (Å²) in [6.45, 7) is 1.79. The molecule has 102 valence electrons. The molecule has 0 amide bonds. The van der Waals surface area contributed by atoms with Gasteiger partial charge in [0.15, 0.2) is 0 Å². The van der Waals surface area contributed by atoms with Crippen molar-refractivity contribution in [2.45, 2.75) is 31.3 Å². The Morgan fingerprint density at radius 3 is 2.47 bits per heavy atom. The van der Waals surface area contributed by atoms with Crippen molar-refractivity contribution in [1.29, 1.82) is 0 Å². The monoisotopic (exact) mass is 261 g/mol. The van der Waals surface area contributed by atoms with Gasteiger partial charge in [0.1, 0.15) is 0 Å². The van der Waals surface area contributed by atoms with E-state index in [-0.39, 0.29) is 10.6 Å². The normalized spacial score (nSPS) is 27.6. The van der Waals surface area contributed by atoms with Crippen LogP contribution in [0.1, 0.15) is 30.9 Å². The molecule has 1 aliphatic heterocycles. The molecular weight excluding hydrogens is 242 g/mol. The van der Waals surface area contributed by atoms with Crippen LogP contribution in [0.2, 0.25) is 0 Å². The summed E-state index contributed by atoms with van der Waals surface area (Å²) < 4.78 is 0. The van der Waals surface area contributed by atoms with Crippen molar-refractivity contribution in [2.24, 2.45) is 11.7 Å². The Morgan fingerprint density at radius 1 is 1.26 bits per heavy atom. The summed E-state index contributed by atoms with van der Waals surface area (Å²) in [5.74, 6) is 0.474. The SMILES string of the molecule is NCC1CCN(C2CC2)C1c1ccc([N+](=O)[O-])cc1. The molecule has 19 heavy (non-hydrogen) atoms. The van der Waals surface area contributed by atoms with Gasteiger partial charge in [0.2, 0.25) is 0 Å². The smallest absolute Gasteiger partial charge is 0.269 e. The second-order valence-electron chi connectivity index (χ2n) is 5.55. The molecule has 1 saturated heterocycles. The number of hydrogen-bond donors (Lipinski definition) is 1. The van der Waals surface area contributed by atoms with E-state index in [9.17, 15) is 10.1 Å². The third-order valence-corrected chi connectivity index (χ3v) is 4.33. The van der Waals surface area contributed by atoms with E-state index in [1.165, 1.54) is 18.4 Å². The Balaban J connectivity index is 1.86. The van der Waals surface area contributed by atoms with Gasteiger partial charge in [-0.2, -0.15) is 0 Å². The Labute approximate surface area is 112 Å². The van der Waals surface area contributed by atoms with Gasteiger partial charge < -0.3 is 5.73 Å². The molecule has 5 heteroatoms. The average molecular weight is 261 g/mol. The number of likely N-dealkylation sites (tertiary alicyclic amines) is 1. The van der Waals surface area contributed by atoms with Gasteiger partial charge >= 0.3 is 0 Å². The lowest BCUT2D eigenvalue weighted by Crippen LogP contribution is -2.29. The second-order valence-corrected chi connectivity index (χ2v) is 5.55. The van der Waals surface area contributed by atoms with Crippen LogP contribution in [-0.4, -0.2) is 29.0 Å². The number of rotatable bonds is 4. The summed E-state index contributed by atoms with van der Waals surface area (Å²) in [7, 11) is 0. The molecule has 0 radical (unpaired) electrons. The summed E-state index contributed by atoms with van der Waals surface area (Å²) in [6, 6.07) is 8.05. The van der Waals surface area contributed by atoms with Crippen LogP contribution in [0.15, 0.2) is 24.3 Å². The van der Waals surface area contributed by atoms with Crippen LogP contribution in [0.5, 0.6) is 0 Å². The molecule has 0 aromatic heterocycles. The van der Waals surface area contributed by atoms with Gasteiger partial charge in [-0.1, -0.05) is 12.1 Å². The first-order valence-corrected chi connectivity index (χ1v) is 6.91. The number of nitrogens with two attached hydrogens (primary N) is 1. The van der Waals surface area contributed by atoms with Gasteiger partial charge in [-0.25, -0.2) is 0 Å². The number of non-ortho nitro benzene ring substituents is 1.